The first kappa shape index (κ1) is 28.6. The van der Waals surface area contributed by atoms with Crippen molar-refractivity contribution in [3.63, 3.8) is 0 Å². The molecule has 4 rings (SSSR count). The van der Waals surface area contributed by atoms with Gasteiger partial charge < -0.3 is 28.4 Å². The van der Waals surface area contributed by atoms with Crippen LogP contribution in [0.3, 0.4) is 0 Å². The van der Waals surface area contributed by atoms with Gasteiger partial charge in [0.05, 0.1) is 46.9 Å². The molecule has 210 valence electrons. The Balaban J connectivity index is 1.67. The second kappa shape index (κ2) is 12.6. The molecule has 2 atom stereocenters. The molecular formula is C30H36O8S. The summed E-state index contributed by atoms with van der Waals surface area (Å²) < 4.78 is 61.2. The zero-order valence-corrected chi connectivity index (χ0v) is 23.9. The Bertz CT molecular complexity index is 1350. The zero-order valence-electron chi connectivity index (χ0n) is 23.1. The van der Waals surface area contributed by atoms with Crippen LogP contribution in [0.4, 0.5) is 0 Å². The largest absolute Gasteiger partial charge is 0.493 e. The summed E-state index contributed by atoms with van der Waals surface area (Å²) in [6.45, 7) is 2.51. The van der Waals surface area contributed by atoms with Crippen LogP contribution in [-0.4, -0.2) is 49.2 Å². The molecule has 1 heterocycles. The van der Waals surface area contributed by atoms with Gasteiger partial charge in [-0.15, -0.1) is 0 Å². The molecule has 9 heteroatoms. The molecule has 1 aliphatic rings. The van der Waals surface area contributed by atoms with E-state index < -0.39 is 9.84 Å². The number of rotatable bonds is 12. The first-order valence-electron chi connectivity index (χ1n) is 12.9. The van der Waals surface area contributed by atoms with Gasteiger partial charge in [0.15, 0.2) is 32.8 Å². The second-order valence-corrected chi connectivity index (χ2v) is 11.4. The fraction of sp³-hybridized carbons (Fsp3) is 0.400. The van der Waals surface area contributed by atoms with Crippen LogP contribution in [0.2, 0.25) is 0 Å². The summed E-state index contributed by atoms with van der Waals surface area (Å²) in [7, 11) is 2.62. The molecule has 0 N–H and O–H groups in total. The van der Waals surface area contributed by atoms with Crippen molar-refractivity contribution >= 4 is 9.84 Å². The highest BCUT2D eigenvalue weighted by Crippen LogP contribution is 2.46. The van der Waals surface area contributed by atoms with Crippen LogP contribution >= 0.6 is 0 Å². The molecule has 0 bridgehead atoms. The van der Waals surface area contributed by atoms with E-state index in [2.05, 4.69) is 0 Å². The smallest absolute Gasteiger partial charge is 0.203 e. The minimum absolute atomic E-state index is 0.000884. The lowest BCUT2D eigenvalue weighted by Gasteiger charge is -2.19. The van der Waals surface area contributed by atoms with Gasteiger partial charge in [-0.25, -0.2) is 8.42 Å². The fourth-order valence-corrected chi connectivity index (χ4v) is 6.36. The first-order chi connectivity index (χ1) is 18.8. The first-order valence-corrected chi connectivity index (χ1v) is 14.5. The van der Waals surface area contributed by atoms with Crippen molar-refractivity contribution < 1.29 is 36.8 Å². The van der Waals surface area contributed by atoms with Gasteiger partial charge in [0.1, 0.15) is 11.5 Å². The number of sulfone groups is 1. The van der Waals surface area contributed by atoms with Crippen molar-refractivity contribution in [1.29, 1.82) is 0 Å². The monoisotopic (exact) mass is 556 g/mol. The molecule has 39 heavy (non-hydrogen) atoms. The minimum atomic E-state index is -3.63. The van der Waals surface area contributed by atoms with Crippen molar-refractivity contribution in [2.45, 2.75) is 43.3 Å². The van der Waals surface area contributed by atoms with Crippen molar-refractivity contribution in [3.05, 3.63) is 71.3 Å². The Hall–Kier alpha value is -3.43. The zero-order chi connectivity index (χ0) is 28.0. The van der Waals surface area contributed by atoms with Gasteiger partial charge in [0.25, 0.3) is 0 Å². The molecule has 0 radical (unpaired) electrons. The standard InChI is InChI=1S/C30H36O8S/c1-6-12-39(31,32)28-17-22(15-27(35-4)30(28)38-18-20-10-8-7-9-11-20)24-16-23(19-37-24)21-13-25(33-2)29(36-5)26(14-21)34-3/h7-11,13-15,17,23-24H,6,12,16,18-19H2,1-5H3. The van der Waals surface area contributed by atoms with E-state index in [9.17, 15) is 8.42 Å². The molecular weight excluding hydrogens is 520 g/mol. The third-order valence-electron chi connectivity index (χ3n) is 6.82. The normalized spacial score (nSPS) is 17.1. The summed E-state index contributed by atoms with van der Waals surface area (Å²) in [5.41, 5.74) is 2.64. The van der Waals surface area contributed by atoms with E-state index in [1.165, 1.54) is 7.11 Å². The van der Waals surface area contributed by atoms with Gasteiger partial charge in [-0.05, 0) is 53.8 Å². The third kappa shape index (κ3) is 6.25. The number of methoxy groups -OCH3 is 4. The van der Waals surface area contributed by atoms with Crippen LogP contribution in [-0.2, 0) is 21.2 Å². The summed E-state index contributed by atoms with van der Waals surface area (Å²) in [6.07, 6.45) is 0.789. The summed E-state index contributed by atoms with van der Waals surface area (Å²) in [6, 6.07) is 16.9. The second-order valence-electron chi connectivity index (χ2n) is 9.36. The molecule has 3 aromatic carbocycles. The van der Waals surface area contributed by atoms with Gasteiger partial charge in [-0.2, -0.15) is 0 Å². The highest BCUT2D eigenvalue weighted by molar-refractivity contribution is 7.91. The maximum absolute atomic E-state index is 13.4. The summed E-state index contributed by atoms with van der Waals surface area (Å²) >= 11 is 0. The highest BCUT2D eigenvalue weighted by Gasteiger charge is 2.32. The Kier molecular flexibility index (Phi) is 9.24. The van der Waals surface area contributed by atoms with Crippen LogP contribution in [0.1, 0.15) is 48.5 Å². The molecule has 0 amide bonds. The van der Waals surface area contributed by atoms with E-state index in [1.54, 1.807) is 27.4 Å². The molecule has 0 spiro atoms. The predicted octanol–water partition coefficient (Wildman–Crippen LogP) is 5.73. The molecule has 1 fully saturated rings. The van der Waals surface area contributed by atoms with Crippen LogP contribution in [0.15, 0.2) is 59.5 Å². The lowest BCUT2D eigenvalue weighted by atomic mass is 9.93. The van der Waals surface area contributed by atoms with Gasteiger partial charge >= 0.3 is 0 Å². The maximum Gasteiger partial charge on any atom is 0.203 e. The van der Waals surface area contributed by atoms with Crippen molar-refractivity contribution in [2.24, 2.45) is 0 Å². The number of hydrogen-bond donors (Lipinski definition) is 0. The fourth-order valence-electron chi connectivity index (χ4n) is 4.84. The van der Waals surface area contributed by atoms with E-state index in [4.69, 9.17) is 28.4 Å². The Morgan fingerprint density at radius 1 is 0.821 bits per heavy atom. The van der Waals surface area contributed by atoms with E-state index >= 15 is 0 Å². The molecule has 2 unspecified atom stereocenters. The van der Waals surface area contributed by atoms with Crippen LogP contribution in [0.25, 0.3) is 0 Å². The van der Waals surface area contributed by atoms with Crippen LogP contribution < -0.4 is 23.7 Å². The Labute approximate surface area is 230 Å². The van der Waals surface area contributed by atoms with E-state index in [0.717, 1.165) is 16.7 Å². The molecule has 1 aliphatic heterocycles. The van der Waals surface area contributed by atoms with E-state index in [0.29, 0.717) is 42.4 Å². The van der Waals surface area contributed by atoms with Gasteiger partial charge in [-0.3, -0.25) is 0 Å². The van der Waals surface area contributed by atoms with Crippen LogP contribution in [0.5, 0.6) is 28.7 Å². The predicted molar refractivity (Wildman–Crippen MR) is 148 cm³/mol. The van der Waals surface area contributed by atoms with Gasteiger partial charge in [-0.1, -0.05) is 37.3 Å². The Morgan fingerprint density at radius 2 is 1.44 bits per heavy atom. The van der Waals surface area contributed by atoms with Gasteiger partial charge in [0.2, 0.25) is 5.75 Å². The number of benzene rings is 3. The van der Waals surface area contributed by atoms with Crippen molar-refractivity contribution in [1.82, 2.24) is 0 Å². The highest BCUT2D eigenvalue weighted by atomic mass is 32.2. The topological polar surface area (TPSA) is 89.5 Å². The number of ether oxygens (including phenoxy) is 6. The van der Waals surface area contributed by atoms with Crippen molar-refractivity contribution in [3.8, 4) is 28.7 Å². The average molecular weight is 557 g/mol. The maximum atomic E-state index is 13.4. The summed E-state index contributed by atoms with van der Waals surface area (Å²) in [5, 5.41) is 0. The van der Waals surface area contributed by atoms with E-state index in [1.807, 2.05) is 55.5 Å². The lowest BCUT2D eigenvalue weighted by molar-refractivity contribution is 0.110. The SMILES string of the molecule is CCCS(=O)(=O)c1cc(C2CC(c3cc(OC)c(OC)c(OC)c3)CO2)cc(OC)c1OCc1ccccc1. The molecule has 1 saturated heterocycles. The van der Waals surface area contributed by atoms with Crippen molar-refractivity contribution in [2.75, 3.05) is 40.8 Å². The number of hydrogen-bond acceptors (Lipinski definition) is 8. The molecule has 8 nitrogen and oxygen atoms in total. The summed E-state index contributed by atoms with van der Waals surface area (Å²) in [4.78, 5) is 0.120. The molecule has 0 aliphatic carbocycles. The quantitative estimate of drug-likeness (QED) is 0.280. The minimum Gasteiger partial charge on any atom is -0.493 e. The third-order valence-corrected chi connectivity index (χ3v) is 8.74. The van der Waals surface area contributed by atoms with Gasteiger partial charge in [0, 0.05) is 5.92 Å². The van der Waals surface area contributed by atoms with E-state index in [-0.39, 0.29) is 35.0 Å². The average Bonchev–Trinajstić information content (AvgIpc) is 3.45. The molecule has 0 aromatic heterocycles. The molecule has 0 saturated carbocycles. The lowest BCUT2D eigenvalue weighted by Crippen LogP contribution is -2.11. The Morgan fingerprint density at radius 3 is 2.03 bits per heavy atom. The van der Waals surface area contributed by atoms with Crippen LogP contribution in [0, 0.1) is 0 Å². The summed E-state index contributed by atoms with van der Waals surface area (Å²) in [5.74, 6) is 2.30. The molecule has 3 aromatic rings.